The Morgan fingerprint density at radius 3 is 1.75 bits per heavy atom. The summed E-state index contributed by atoms with van der Waals surface area (Å²) in [4.78, 5) is 0. The third-order valence-electron chi connectivity index (χ3n) is 3.65. The standard InChI is InChI=1S/C15H32O/c1-11(2)8-12(3)9-14(16)10-13(4)15(5,6)7/h11-14,16H,8-10H2,1-7H3. The molecule has 1 N–H and O–H groups in total. The van der Waals surface area contributed by atoms with E-state index in [1.165, 1.54) is 6.42 Å². The van der Waals surface area contributed by atoms with Crippen LogP contribution in [0.25, 0.3) is 0 Å². The molecule has 3 unspecified atom stereocenters. The van der Waals surface area contributed by atoms with E-state index in [1.807, 2.05) is 0 Å². The molecule has 0 saturated heterocycles. The van der Waals surface area contributed by atoms with Crippen molar-refractivity contribution in [1.29, 1.82) is 0 Å². The minimum absolute atomic E-state index is 0.122. The third-order valence-corrected chi connectivity index (χ3v) is 3.65. The number of rotatable bonds is 6. The predicted molar refractivity (Wildman–Crippen MR) is 72.5 cm³/mol. The van der Waals surface area contributed by atoms with Crippen LogP contribution >= 0.6 is 0 Å². The molecule has 0 amide bonds. The van der Waals surface area contributed by atoms with Gasteiger partial charge in [0.05, 0.1) is 6.10 Å². The number of aliphatic hydroxyl groups is 1. The van der Waals surface area contributed by atoms with Gasteiger partial charge < -0.3 is 5.11 Å². The predicted octanol–water partition coefficient (Wildman–Crippen LogP) is 4.49. The molecule has 3 atom stereocenters. The SMILES string of the molecule is CC(C)CC(C)CC(O)CC(C)C(C)(C)C. The Bertz CT molecular complexity index is 178. The molecule has 0 bridgehead atoms. The molecule has 0 heterocycles. The minimum Gasteiger partial charge on any atom is -0.393 e. The Morgan fingerprint density at radius 2 is 1.38 bits per heavy atom. The summed E-state index contributed by atoms with van der Waals surface area (Å²) in [5, 5.41) is 10.1. The van der Waals surface area contributed by atoms with Gasteiger partial charge in [-0.25, -0.2) is 0 Å². The summed E-state index contributed by atoms with van der Waals surface area (Å²) in [6, 6.07) is 0. The molecule has 0 saturated carbocycles. The van der Waals surface area contributed by atoms with Crippen LogP contribution in [0.15, 0.2) is 0 Å². The molecular formula is C15H32O. The Morgan fingerprint density at radius 1 is 0.875 bits per heavy atom. The fourth-order valence-electron chi connectivity index (χ4n) is 2.22. The third kappa shape index (κ3) is 7.27. The molecule has 0 spiro atoms. The van der Waals surface area contributed by atoms with Crippen molar-refractivity contribution in [2.24, 2.45) is 23.2 Å². The highest BCUT2D eigenvalue weighted by molar-refractivity contribution is 4.74. The lowest BCUT2D eigenvalue weighted by molar-refractivity contribution is 0.0878. The van der Waals surface area contributed by atoms with Crippen LogP contribution in [-0.2, 0) is 0 Å². The van der Waals surface area contributed by atoms with Crippen molar-refractivity contribution < 1.29 is 5.11 Å². The summed E-state index contributed by atoms with van der Waals surface area (Å²) in [6.45, 7) is 15.8. The summed E-state index contributed by atoms with van der Waals surface area (Å²) in [5.41, 5.74) is 0.308. The zero-order valence-electron chi connectivity index (χ0n) is 12.4. The Hall–Kier alpha value is -0.0400. The lowest BCUT2D eigenvalue weighted by Crippen LogP contribution is -2.24. The van der Waals surface area contributed by atoms with Gasteiger partial charge in [0.25, 0.3) is 0 Å². The van der Waals surface area contributed by atoms with E-state index in [2.05, 4.69) is 48.5 Å². The summed E-state index contributed by atoms with van der Waals surface area (Å²) in [5.74, 6) is 1.96. The van der Waals surface area contributed by atoms with E-state index in [0.717, 1.165) is 18.8 Å². The van der Waals surface area contributed by atoms with Crippen molar-refractivity contribution in [3.63, 3.8) is 0 Å². The van der Waals surface area contributed by atoms with Crippen molar-refractivity contribution in [3.05, 3.63) is 0 Å². The first kappa shape index (κ1) is 16.0. The molecule has 0 aromatic rings. The van der Waals surface area contributed by atoms with Crippen LogP contribution < -0.4 is 0 Å². The molecule has 1 heteroatoms. The number of hydrogen-bond donors (Lipinski definition) is 1. The maximum atomic E-state index is 10.1. The van der Waals surface area contributed by atoms with Crippen LogP contribution in [0, 0.1) is 23.2 Å². The first-order valence-corrected chi connectivity index (χ1v) is 6.81. The second-order valence-corrected chi connectivity index (χ2v) is 7.13. The molecule has 1 nitrogen and oxygen atoms in total. The van der Waals surface area contributed by atoms with Gasteiger partial charge in [-0.3, -0.25) is 0 Å². The highest BCUT2D eigenvalue weighted by Gasteiger charge is 2.23. The minimum atomic E-state index is -0.122. The van der Waals surface area contributed by atoms with Crippen molar-refractivity contribution in [3.8, 4) is 0 Å². The van der Waals surface area contributed by atoms with Gasteiger partial charge in [-0.2, -0.15) is 0 Å². The molecule has 0 aromatic heterocycles. The lowest BCUT2D eigenvalue weighted by atomic mass is 9.78. The highest BCUT2D eigenvalue weighted by Crippen LogP contribution is 2.30. The van der Waals surface area contributed by atoms with E-state index in [9.17, 15) is 5.11 Å². The van der Waals surface area contributed by atoms with Crippen LogP contribution in [-0.4, -0.2) is 11.2 Å². The van der Waals surface area contributed by atoms with Gasteiger partial charge in [-0.15, -0.1) is 0 Å². The van der Waals surface area contributed by atoms with Crippen LogP contribution in [0.1, 0.15) is 67.7 Å². The quantitative estimate of drug-likeness (QED) is 0.710. The number of aliphatic hydroxyl groups excluding tert-OH is 1. The first-order valence-electron chi connectivity index (χ1n) is 6.81. The first-order chi connectivity index (χ1) is 7.12. The second-order valence-electron chi connectivity index (χ2n) is 7.13. The van der Waals surface area contributed by atoms with Crippen LogP contribution in [0.4, 0.5) is 0 Å². The fourth-order valence-corrected chi connectivity index (χ4v) is 2.22. The fraction of sp³-hybridized carbons (Fsp3) is 1.00. The summed E-state index contributed by atoms with van der Waals surface area (Å²) >= 11 is 0. The van der Waals surface area contributed by atoms with E-state index < -0.39 is 0 Å². The maximum absolute atomic E-state index is 10.1. The topological polar surface area (TPSA) is 20.2 Å². The van der Waals surface area contributed by atoms with E-state index in [4.69, 9.17) is 0 Å². The molecule has 0 aliphatic heterocycles. The molecule has 0 aliphatic rings. The zero-order chi connectivity index (χ0) is 12.9. The Labute approximate surface area is 103 Å². The van der Waals surface area contributed by atoms with Crippen molar-refractivity contribution >= 4 is 0 Å². The molecular weight excluding hydrogens is 196 g/mol. The van der Waals surface area contributed by atoms with E-state index >= 15 is 0 Å². The smallest absolute Gasteiger partial charge is 0.0545 e. The largest absolute Gasteiger partial charge is 0.393 e. The molecule has 16 heavy (non-hydrogen) atoms. The monoisotopic (exact) mass is 228 g/mol. The molecule has 0 fully saturated rings. The molecule has 0 radical (unpaired) electrons. The van der Waals surface area contributed by atoms with E-state index in [1.54, 1.807) is 0 Å². The maximum Gasteiger partial charge on any atom is 0.0545 e. The molecule has 0 aliphatic carbocycles. The van der Waals surface area contributed by atoms with Gasteiger partial charge >= 0.3 is 0 Å². The van der Waals surface area contributed by atoms with Gasteiger partial charge in [-0.1, -0.05) is 48.5 Å². The van der Waals surface area contributed by atoms with Crippen molar-refractivity contribution in [2.45, 2.75) is 73.8 Å². The van der Waals surface area contributed by atoms with E-state index in [-0.39, 0.29) is 6.10 Å². The van der Waals surface area contributed by atoms with Crippen LogP contribution in [0.2, 0.25) is 0 Å². The Kier molecular flexibility index (Phi) is 6.62. The van der Waals surface area contributed by atoms with Gasteiger partial charge in [0.2, 0.25) is 0 Å². The molecule has 98 valence electrons. The molecule has 0 aromatic carbocycles. The molecule has 0 rings (SSSR count). The average Bonchev–Trinajstić information content (AvgIpc) is 1.98. The summed E-state index contributed by atoms with van der Waals surface area (Å²) < 4.78 is 0. The van der Waals surface area contributed by atoms with Crippen LogP contribution in [0.5, 0.6) is 0 Å². The lowest BCUT2D eigenvalue weighted by Gasteiger charge is -2.30. The number of hydrogen-bond acceptors (Lipinski definition) is 1. The van der Waals surface area contributed by atoms with Gasteiger partial charge in [0.1, 0.15) is 0 Å². The van der Waals surface area contributed by atoms with Gasteiger partial charge in [0.15, 0.2) is 0 Å². The normalized spacial score (nSPS) is 18.6. The van der Waals surface area contributed by atoms with Crippen molar-refractivity contribution in [1.82, 2.24) is 0 Å². The average molecular weight is 228 g/mol. The van der Waals surface area contributed by atoms with Crippen molar-refractivity contribution in [2.75, 3.05) is 0 Å². The summed E-state index contributed by atoms with van der Waals surface area (Å²) in [7, 11) is 0. The van der Waals surface area contributed by atoms with Gasteiger partial charge in [-0.05, 0) is 42.4 Å². The second kappa shape index (κ2) is 6.64. The van der Waals surface area contributed by atoms with Crippen LogP contribution in [0.3, 0.4) is 0 Å². The van der Waals surface area contributed by atoms with E-state index in [0.29, 0.717) is 17.3 Å². The zero-order valence-corrected chi connectivity index (χ0v) is 12.4. The van der Waals surface area contributed by atoms with Gasteiger partial charge in [0, 0.05) is 0 Å². The summed E-state index contributed by atoms with van der Waals surface area (Å²) in [6.07, 6.45) is 2.99. The Balaban J connectivity index is 3.94. The highest BCUT2D eigenvalue weighted by atomic mass is 16.3.